The van der Waals surface area contributed by atoms with E-state index in [0.29, 0.717) is 12.5 Å². The van der Waals surface area contributed by atoms with E-state index in [-0.39, 0.29) is 17.3 Å². The number of fused-ring (bicyclic) bond motifs is 2. The van der Waals surface area contributed by atoms with Gasteiger partial charge in [0, 0.05) is 0 Å². The second-order valence-electron chi connectivity index (χ2n) is 7.03. The molecule has 0 saturated carbocycles. The normalized spacial score (nSPS) is 33.7. The van der Waals surface area contributed by atoms with E-state index in [4.69, 9.17) is 14.2 Å². The summed E-state index contributed by atoms with van der Waals surface area (Å²) >= 11 is 0. The van der Waals surface area contributed by atoms with Crippen molar-refractivity contribution in [1.82, 2.24) is 0 Å². The minimum atomic E-state index is -0.236. The summed E-state index contributed by atoms with van der Waals surface area (Å²) in [5.41, 5.74) is 1.78. The van der Waals surface area contributed by atoms with Crippen LogP contribution in [0.2, 0.25) is 0 Å². The minimum Gasteiger partial charge on any atom is -0.497 e. The fourth-order valence-electron chi connectivity index (χ4n) is 3.95. The minimum absolute atomic E-state index is 0.0325. The van der Waals surface area contributed by atoms with Gasteiger partial charge in [-0.1, -0.05) is 32.6 Å². The molecule has 2 bridgehead atoms. The zero-order valence-corrected chi connectivity index (χ0v) is 14.0. The molecule has 0 aliphatic carbocycles. The maximum absolute atomic E-state index is 6.42. The Kier molecular flexibility index (Phi) is 3.82. The van der Waals surface area contributed by atoms with Crippen LogP contribution >= 0.6 is 0 Å². The first-order chi connectivity index (χ1) is 10.4. The molecule has 0 radical (unpaired) electrons. The van der Waals surface area contributed by atoms with Crippen molar-refractivity contribution < 1.29 is 14.2 Å². The third-order valence-corrected chi connectivity index (χ3v) is 5.31. The maximum Gasteiger partial charge on any atom is 0.119 e. The largest absolute Gasteiger partial charge is 0.497 e. The molecule has 1 aromatic rings. The van der Waals surface area contributed by atoms with Crippen LogP contribution in [0.3, 0.4) is 0 Å². The van der Waals surface area contributed by atoms with Gasteiger partial charge in [0.25, 0.3) is 0 Å². The van der Waals surface area contributed by atoms with Gasteiger partial charge in [-0.25, -0.2) is 0 Å². The Balaban J connectivity index is 1.74. The molecule has 3 heteroatoms. The van der Waals surface area contributed by atoms with E-state index in [9.17, 15) is 0 Å². The number of benzene rings is 1. The topological polar surface area (TPSA) is 27.7 Å². The van der Waals surface area contributed by atoms with Crippen molar-refractivity contribution in [1.29, 1.82) is 0 Å². The standard InChI is InChI=1S/C19H26O3/c1-13(2)19-10-9-18(4,22-19)17(14(19)3)21-12-15-7-6-8-16(11-15)20-5/h6-8,11,13,17H,3,9-10,12H2,1-2,4-5H3/t17-,18+,19+/m1/s1. The first kappa shape index (κ1) is 15.6. The van der Waals surface area contributed by atoms with Crippen LogP contribution in [0, 0.1) is 5.92 Å². The van der Waals surface area contributed by atoms with E-state index >= 15 is 0 Å². The number of rotatable bonds is 5. The van der Waals surface area contributed by atoms with Gasteiger partial charge in [-0.05, 0) is 49.0 Å². The molecule has 2 saturated heterocycles. The smallest absolute Gasteiger partial charge is 0.119 e. The van der Waals surface area contributed by atoms with Gasteiger partial charge in [0.15, 0.2) is 0 Å². The van der Waals surface area contributed by atoms with Gasteiger partial charge in [0.1, 0.15) is 11.9 Å². The van der Waals surface area contributed by atoms with E-state index in [1.807, 2.05) is 18.2 Å². The molecule has 0 N–H and O–H groups in total. The Bertz CT molecular complexity index is 580. The summed E-state index contributed by atoms with van der Waals surface area (Å²) in [4.78, 5) is 0. The summed E-state index contributed by atoms with van der Waals surface area (Å²) in [5, 5.41) is 0. The highest BCUT2D eigenvalue weighted by molar-refractivity contribution is 5.34. The molecule has 2 aliphatic rings. The molecule has 3 rings (SSSR count). The molecule has 0 aromatic heterocycles. The van der Waals surface area contributed by atoms with Crippen LogP contribution in [0.25, 0.3) is 0 Å². The SMILES string of the molecule is C=C1[C@@H](OCc2cccc(OC)c2)[C@]2(C)CC[C@@]1(C(C)C)O2. The van der Waals surface area contributed by atoms with Gasteiger partial charge in [-0.2, -0.15) is 0 Å². The van der Waals surface area contributed by atoms with E-state index < -0.39 is 0 Å². The highest BCUT2D eigenvalue weighted by Gasteiger charge is 2.63. The molecule has 0 spiro atoms. The number of hydrogen-bond donors (Lipinski definition) is 0. The van der Waals surface area contributed by atoms with Crippen LogP contribution < -0.4 is 4.74 Å². The molecule has 2 heterocycles. The Hall–Kier alpha value is -1.32. The van der Waals surface area contributed by atoms with Gasteiger partial charge in [0.05, 0.1) is 24.9 Å². The van der Waals surface area contributed by atoms with E-state index in [0.717, 1.165) is 29.7 Å². The summed E-state index contributed by atoms with van der Waals surface area (Å²) in [6.07, 6.45) is 2.06. The summed E-state index contributed by atoms with van der Waals surface area (Å²) < 4.78 is 17.9. The Morgan fingerprint density at radius 1 is 1.36 bits per heavy atom. The monoisotopic (exact) mass is 302 g/mol. The lowest BCUT2D eigenvalue weighted by molar-refractivity contribution is -0.0959. The molecule has 22 heavy (non-hydrogen) atoms. The highest BCUT2D eigenvalue weighted by atomic mass is 16.6. The molecule has 0 amide bonds. The van der Waals surface area contributed by atoms with Crippen LogP contribution in [0.4, 0.5) is 0 Å². The van der Waals surface area contributed by atoms with Crippen molar-refractivity contribution in [2.24, 2.45) is 5.92 Å². The maximum atomic E-state index is 6.42. The molecule has 120 valence electrons. The van der Waals surface area contributed by atoms with E-state index in [1.165, 1.54) is 0 Å². The highest BCUT2D eigenvalue weighted by Crippen LogP contribution is 2.57. The molecule has 1 aromatic carbocycles. The van der Waals surface area contributed by atoms with Crippen LogP contribution in [0.5, 0.6) is 5.75 Å². The zero-order valence-electron chi connectivity index (χ0n) is 14.0. The Morgan fingerprint density at radius 2 is 2.14 bits per heavy atom. The second kappa shape index (κ2) is 5.39. The van der Waals surface area contributed by atoms with Gasteiger partial charge in [-0.15, -0.1) is 0 Å². The summed E-state index contributed by atoms with van der Waals surface area (Å²) in [5.74, 6) is 1.28. The average molecular weight is 302 g/mol. The third kappa shape index (κ3) is 2.27. The van der Waals surface area contributed by atoms with Gasteiger partial charge in [0.2, 0.25) is 0 Å². The quantitative estimate of drug-likeness (QED) is 0.766. The van der Waals surface area contributed by atoms with Crippen molar-refractivity contribution in [3.8, 4) is 5.75 Å². The molecule has 2 aliphatic heterocycles. The van der Waals surface area contributed by atoms with Crippen LogP contribution in [-0.2, 0) is 16.1 Å². The zero-order chi connectivity index (χ0) is 16.0. The lowest BCUT2D eigenvalue weighted by Crippen LogP contribution is -2.40. The summed E-state index contributed by atoms with van der Waals surface area (Å²) in [7, 11) is 1.68. The number of ether oxygens (including phenoxy) is 3. The van der Waals surface area contributed by atoms with Gasteiger partial charge >= 0.3 is 0 Å². The lowest BCUT2D eigenvalue weighted by atomic mass is 9.72. The van der Waals surface area contributed by atoms with Crippen LogP contribution in [-0.4, -0.2) is 24.4 Å². The van der Waals surface area contributed by atoms with Crippen molar-refractivity contribution in [3.05, 3.63) is 42.0 Å². The van der Waals surface area contributed by atoms with E-state index in [2.05, 4.69) is 33.4 Å². The summed E-state index contributed by atoms with van der Waals surface area (Å²) in [6, 6.07) is 8.00. The van der Waals surface area contributed by atoms with Crippen LogP contribution in [0.1, 0.15) is 39.2 Å². The van der Waals surface area contributed by atoms with Crippen LogP contribution in [0.15, 0.2) is 36.4 Å². The van der Waals surface area contributed by atoms with Crippen molar-refractivity contribution >= 4 is 0 Å². The third-order valence-electron chi connectivity index (χ3n) is 5.31. The first-order valence-corrected chi connectivity index (χ1v) is 8.05. The molecular formula is C19H26O3. The first-order valence-electron chi connectivity index (χ1n) is 8.05. The molecular weight excluding hydrogens is 276 g/mol. The van der Waals surface area contributed by atoms with Gasteiger partial charge < -0.3 is 14.2 Å². The molecule has 0 unspecified atom stereocenters. The van der Waals surface area contributed by atoms with Crippen molar-refractivity contribution in [2.45, 2.75) is 57.5 Å². The molecule has 3 atom stereocenters. The van der Waals surface area contributed by atoms with Crippen molar-refractivity contribution in [3.63, 3.8) is 0 Å². The average Bonchev–Trinajstić information content (AvgIpc) is 2.96. The summed E-state index contributed by atoms with van der Waals surface area (Å²) in [6.45, 7) is 11.5. The fourth-order valence-corrected chi connectivity index (χ4v) is 3.95. The Morgan fingerprint density at radius 3 is 2.77 bits per heavy atom. The number of methoxy groups -OCH3 is 1. The predicted octanol–water partition coefficient (Wildman–Crippen LogP) is 4.11. The fraction of sp³-hybridized carbons (Fsp3) is 0.579. The lowest BCUT2D eigenvalue weighted by Gasteiger charge is -2.34. The molecule has 2 fully saturated rings. The predicted molar refractivity (Wildman–Crippen MR) is 87.0 cm³/mol. The number of hydrogen-bond acceptors (Lipinski definition) is 3. The van der Waals surface area contributed by atoms with Crippen molar-refractivity contribution in [2.75, 3.05) is 7.11 Å². The van der Waals surface area contributed by atoms with Gasteiger partial charge in [-0.3, -0.25) is 0 Å². The Labute approximate surface area is 133 Å². The molecule has 3 nitrogen and oxygen atoms in total. The van der Waals surface area contributed by atoms with E-state index in [1.54, 1.807) is 7.11 Å². The second-order valence-corrected chi connectivity index (χ2v) is 7.03.